The number of anilines is 2. The molecular formula is C18H16N2O2. The lowest BCUT2D eigenvalue weighted by Crippen LogP contribution is -2.09. The van der Waals surface area contributed by atoms with E-state index in [0.717, 1.165) is 23.7 Å². The molecule has 110 valence electrons. The molecule has 0 heterocycles. The van der Waals surface area contributed by atoms with Crippen LogP contribution in [0.2, 0.25) is 0 Å². The number of ether oxygens (including phenoxy) is 2. The van der Waals surface area contributed by atoms with E-state index in [-0.39, 0.29) is 0 Å². The van der Waals surface area contributed by atoms with Crippen LogP contribution in [0.4, 0.5) is 11.4 Å². The quantitative estimate of drug-likeness (QED) is 0.846. The van der Waals surface area contributed by atoms with Gasteiger partial charge in [-0.15, -0.1) is 0 Å². The van der Waals surface area contributed by atoms with Crippen LogP contribution >= 0.6 is 0 Å². The van der Waals surface area contributed by atoms with E-state index in [2.05, 4.69) is 0 Å². The van der Waals surface area contributed by atoms with Crippen molar-refractivity contribution in [2.75, 3.05) is 11.5 Å². The topological polar surface area (TPSA) is 70.5 Å². The summed E-state index contributed by atoms with van der Waals surface area (Å²) in [5.74, 6) is 1.47. The average molecular weight is 292 g/mol. The lowest BCUT2D eigenvalue weighted by atomic mass is 10.1. The van der Waals surface area contributed by atoms with Gasteiger partial charge < -0.3 is 20.9 Å². The standard InChI is InChI=1S/C18H16N2O2/c19-13-1-5-15(6-2-13)21-17-9-11-18(12-10-17)22-16-7-3-14(20)4-8-16/h1-12H,19-20H2. The molecule has 0 saturated carbocycles. The van der Waals surface area contributed by atoms with Crippen molar-refractivity contribution in [1.29, 1.82) is 0 Å². The second kappa shape index (κ2) is 6.26. The third-order valence-corrected chi connectivity index (χ3v) is 3.06. The third kappa shape index (κ3) is 3.61. The summed E-state index contributed by atoms with van der Waals surface area (Å²) in [6.07, 6.45) is 8.86. The summed E-state index contributed by atoms with van der Waals surface area (Å²) < 4.78 is 11.5. The molecule has 2 radical (unpaired) electrons. The van der Waals surface area contributed by atoms with E-state index < -0.39 is 0 Å². The Morgan fingerprint density at radius 3 is 1.14 bits per heavy atom. The van der Waals surface area contributed by atoms with Crippen LogP contribution in [0, 0.1) is 12.2 Å². The number of rotatable bonds is 4. The molecule has 3 rings (SSSR count). The van der Waals surface area contributed by atoms with E-state index in [1.54, 1.807) is 24.3 Å². The molecule has 4 nitrogen and oxygen atoms in total. The maximum Gasteiger partial charge on any atom is 0.192 e. The summed E-state index contributed by atoms with van der Waals surface area (Å²) >= 11 is 0. The molecule has 0 aliphatic heterocycles. The Kier molecular flexibility index (Phi) is 4.01. The van der Waals surface area contributed by atoms with Crippen molar-refractivity contribution in [3.8, 4) is 11.5 Å². The fourth-order valence-electron chi connectivity index (χ4n) is 1.92. The molecule has 4 N–H and O–H groups in total. The zero-order valence-corrected chi connectivity index (χ0v) is 11.9. The zero-order chi connectivity index (χ0) is 15.4. The van der Waals surface area contributed by atoms with Gasteiger partial charge in [0.1, 0.15) is 11.5 Å². The predicted octanol–water partition coefficient (Wildman–Crippen LogP) is 3.50. The van der Waals surface area contributed by atoms with Crippen molar-refractivity contribution in [3.05, 3.63) is 85.0 Å². The van der Waals surface area contributed by atoms with Crippen LogP contribution < -0.4 is 20.9 Å². The lowest BCUT2D eigenvalue weighted by molar-refractivity contribution is 0.364. The van der Waals surface area contributed by atoms with Crippen LogP contribution in [0.15, 0.2) is 72.8 Å². The van der Waals surface area contributed by atoms with Gasteiger partial charge in [0.25, 0.3) is 0 Å². The summed E-state index contributed by atoms with van der Waals surface area (Å²) in [5, 5.41) is 0. The maximum absolute atomic E-state index is 5.73. The predicted molar refractivity (Wildman–Crippen MR) is 87.7 cm³/mol. The highest BCUT2D eigenvalue weighted by Gasteiger charge is 2.14. The Morgan fingerprint density at radius 2 is 0.818 bits per heavy atom. The first-order valence-corrected chi connectivity index (χ1v) is 6.86. The highest BCUT2D eigenvalue weighted by molar-refractivity contribution is 5.45. The van der Waals surface area contributed by atoms with Gasteiger partial charge in [-0.2, -0.15) is 0 Å². The Balaban J connectivity index is 1.56. The van der Waals surface area contributed by atoms with E-state index in [1.165, 1.54) is 0 Å². The van der Waals surface area contributed by atoms with Crippen LogP contribution in [0.3, 0.4) is 0 Å². The molecule has 0 bridgehead atoms. The van der Waals surface area contributed by atoms with Gasteiger partial charge in [-0.05, 0) is 72.8 Å². The van der Waals surface area contributed by atoms with E-state index in [1.807, 2.05) is 48.6 Å². The molecule has 0 amide bonds. The average Bonchev–Trinajstić information content (AvgIpc) is 2.54. The van der Waals surface area contributed by atoms with Gasteiger partial charge in [0, 0.05) is 11.4 Å². The normalized spacial score (nSPS) is 14.9. The van der Waals surface area contributed by atoms with Crippen molar-refractivity contribution < 1.29 is 9.47 Å². The van der Waals surface area contributed by atoms with Gasteiger partial charge in [0.15, 0.2) is 12.2 Å². The van der Waals surface area contributed by atoms with Crippen LogP contribution in [-0.2, 0) is 0 Å². The number of hydrogen-bond donors (Lipinski definition) is 2. The molecule has 0 fully saturated rings. The second-order valence-corrected chi connectivity index (χ2v) is 4.81. The summed E-state index contributed by atoms with van der Waals surface area (Å²) in [4.78, 5) is 0. The Labute approximate surface area is 129 Å². The van der Waals surface area contributed by atoms with Crippen molar-refractivity contribution >= 4 is 11.4 Å². The molecule has 0 saturated heterocycles. The zero-order valence-electron chi connectivity index (χ0n) is 11.9. The Hall–Kier alpha value is -2.88. The number of nitrogen functional groups attached to an aromatic ring is 2. The van der Waals surface area contributed by atoms with Crippen LogP contribution in [-0.4, -0.2) is 0 Å². The molecule has 0 aromatic heterocycles. The molecule has 0 unspecified atom stereocenters. The molecule has 0 spiro atoms. The molecule has 22 heavy (non-hydrogen) atoms. The fourth-order valence-corrected chi connectivity index (χ4v) is 1.92. The highest BCUT2D eigenvalue weighted by Crippen LogP contribution is 2.25. The van der Waals surface area contributed by atoms with Crippen molar-refractivity contribution in [2.45, 2.75) is 0 Å². The second-order valence-electron chi connectivity index (χ2n) is 4.81. The van der Waals surface area contributed by atoms with Crippen molar-refractivity contribution in [3.63, 3.8) is 0 Å². The third-order valence-electron chi connectivity index (χ3n) is 3.06. The highest BCUT2D eigenvalue weighted by atomic mass is 16.5. The van der Waals surface area contributed by atoms with E-state index in [0.29, 0.717) is 11.4 Å². The smallest absolute Gasteiger partial charge is 0.192 e. The van der Waals surface area contributed by atoms with Crippen LogP contribution in [0.5, 0.6) is 11.5 Å². The van der Waals surface area contributed by atoms with Gasteiger partial charge in [0.2, 0.25) is 0 Å². The van der Waals surface area contributed by atoms with Gasteiger partial charge in [-0.1, -0.05) is 0 Å². The first-order chi connectivity index (χ1) is 10.7. The van der Waals surface area contributed by atoms with Crippen molar-refractivity contribution in [1.82, 2.24) is 0 Å². The first kappa shape index (κ1) is 14.1. The van der Waals surface area contributed by atoms with Gasteiger partial charge >= 0.3 is 0 Å². The summed E-state index contributed by atoms with van der Waals surface area (Å²) in [6, 6.07) is 14.5. The Morgan fingerprint density at radius 1 is 0.500 bits per heavy atom. The maximum atomic E-state index is 5.73. The number of hydrogen-bond acceptors (Lipinski definition) is 4. The summed E-state index contributed by atoms with van der Waals surface area (Å²) in [5.41, 5.74) is 12.7. The Bertz CT molecular complexity index is 602. The van der Waals surface area contributed by atoms with E-state index >= 15 is 0 Å². The van der Waals surface area contributed by atoms with Gasteiger partial charge in [0.05, 0.1) is 0 Å². The van der Waals surface area contributed by atoms with Gasteiger partial charge in [-0.3, -0.25) is 0 Å². The number of nitrogens with two attached hydrogens (primary N) is 2. The van der Waals surface area contributed by atoms with E-state index in [4.69, 9.17) is 20.9 Å². The molecule has 1 aliphatic rings. The fraction of sp³-hybridized carbons (Fsp3) is 0. The summed E-state index contributed by atoms with van der Waals surface area (Å²) in [7, 11) is 0. The molecule has 2 aromatic carbocycles. The molecular weight excluding hydrogens is 276 g/mol. The van der Waals surface area contributed by atoms with Crippen LogP contribution in [0.1, 0.15) is 0 Å². The molecule has 4 heteroatoms. The minimum atomic E-state index is 0.708. The van der Waals surface area contributed by atoms with Crippen LogP contribution in [0.25, 0.3) is 0 Å². The minimum Gasteiger partial charge on any atom is -0.474 e. The molecule has 2 aromatic rings. The summed E-state index contributed by atoms with van der Waals surface area (Å²) in [6.45, 7) is 0. The lowest BCUT2D eigenvalue weighted by Gasteiger charge is -2.17. The minimum absolute atomic E-state index is 0.708. The van der Waals surface area contributed by atoms with Crippen molar-refractivity contribution in [2.24, 2.45) is 0 Å². The monoisotopic (exact) mass is 292 g/mol. The molecule has 0 atom stereocenters. The van der Waals surface area contributed by atoms with E-state index in [9.17, 15) is 0 Å². The van der Waals surface area contributed by atoms with Gasteiger partial charge in [-0.25, -0.2) is 0 Å². The molecule has 1 aliphatic carbocycles. The largest absolute Gasteiger partial charge is 0.474 e. The number of benzene rings is 2. The first-order valence-electron chi connectivity index (χ1n) is 6.86. The SMILES string of the molecule is Nc1ccc(O[C]2C=C[C](Oc3ccc(N)cc3)C=C2)cc1.